The minimum atomic E-state index is -5.33. The zero-order valence-corrected chi connectivity index (χ0v) is 14.5. The maximum absolute atomic E-state index is 11.0. The molecule has 0 aromatic heterocycles. The van der Waals surface area contributed by atoms with Crippen LogP contribution >= 0.6 is 15.6 Å². The van der Waals surface area contributed by atoms with Crippen molar-refractivity contribution in [3.8, 4) is 0 Å². The van der Waals surface area contributed by atoms with E-state index in [0.29, 0.717) is 0 Å². The smallest absolute Gasteiger partial charge is 0.388 e. The van der Waals surface area contributed by atoms with Gasteiger partial charge in [0, 0.05) is 29.6 Å². The van der Waals surface area contributed by atoms with Crippen LogP contribution in [0.4, 0.5) is 0 Å². The van der Waals surface area contributed by atoms with Crippen LogP contribution in [-0.2, 0) is 22.8 Å². The minimum Gasteiger partial charge on any atom is -0.388 e. The topological polar surface area (TPSA) is 211 Å². The number of Topliss-reactive ketones (excluding diaryl/α,β-unsaturated/α-hetero) is 1. The first-order chi connectivity index (χ1) is 8.89. The van der Waals surface area contributed by atoms with E-state index >= 15 is 0 Å². The molecule has 0 spiro atoms. The van der Waals surface area contributed by atoms with E-state index in [0.717, 1.165) is 0 Å². The summed E-state index contributed by atoms with van der Waals surface area (Å²) in [6.07, 6.45) is -6.41. The van der Waals surface area contributed by atoms with Gasteiger partial charge >= 0.3 is 15.6 Å². The molecule has 4 atom stereocenters. The summed E-state index contributed by atoms with van der Waals surface area (Å²) < 4.78 is 28.6. The van der Waals surface area contributed by atoms with Crippen LogP contribution < -0.4 is 0 Å². The molecular formula is C6H14NaO12P2. The Morgan fingerprint density at radius 1 is 1.10 bits per heavy atom. The van der Waals surface area contributed by atoms with Gasteiger partial charge in [-0.15, -0.1) is 0 Å². The quantitative estimate of drug-likeness (QED) is 0.157. The van der Waals surface area contributed by atoms with Gasteiger partial charge in [-0.25, -0.2) is 9.13 Å². The molecule has 7 N–H and O–H groups in total. The molecule has 0 bridgehead atoms. The van der Waals surface area contributed by atoms with Crippen LogP contribution in [0.15, 0.2) is 0 Å². The molecule has 0 aromatic rings. The zero-order valence-electron chi connectivity index (χ0n) is 10.7. The Labute approximate surface area is 140 Å². The van der Waals surface area contributed by atoms with Crippen molar-refractivity contribution in [3.63, 3.8) is 0 Å². The molecule has 0 aromatic carbocycles. The van der Waals surface area contributed by atoms with Crippen LogP contribution in [0.3, 0.4) is 0 Å². The van der Waals surface area contributed by atoms with Crippen molar-refractivity contribution in [2.24, 2.45) is 0 Å². The molecule has 0 aliphatic rings. The Bertz CT molecular complexity index is 422. The predicted molar refractivity (Wildman–Crippen MR) is 64.8 cm³/mol. The van der Waals surface area contributed by atoms with Crippen LogP contribution in [0.25, 0.3) is 0 Å². The summed E-state index contributed by atoms with van der Waals surface area (Å²) in [7, 11) is -10.5. The summed E-state index contributed by atoms with van der Waals surface area (Å²) in [4.78, 5) is 36.2. The molecule has 0 saturated heterocycles. The van der Waals surface area contributed by atoms with Crippen LogP contribution in [0.5, 0.6) is 0 Å². The van der Waals surface area contributed by atoms with Gasteiger partial charge in [0.25, 0.3) is 0 Å². The Balaban J connectivity index is 0. The van der Waals surface area contributed by atoms with Gasteiger partial charge in [0.1, 0.15) is 24.9 Å². The number of aliphatic hydroxyl groups excluding tert-OH is 4. The average Bonchev–Trinajstić information content (AvgIpc) is 2.30. The van der Waals surface area contributed by atoms with E-state index in [1.54, 1.807) is 0 Å². The van der Waals surface area contributed by atoms with Crippen LogP contribution in [0.2, 0.25) is 0 Å². The van der Waals surface area contributed by atoms with Gasteiger partial charge in [-0.3, -0.25) is 9.32 Å². The van der Waals surface area contributed by atoms with Gasteiger partial charge in [-0.05, 0) is 0 Å². The van der Waals surface area contributed by atoms with Crippen molar-refractivity contribution in [1.82, 2.24) is 0 Å². The number of ketones is 1. The Morgan fingerprint density at radius 2 is 1.57 bits per heavy atom. The third-order valence-corrected chi connectivity index (χ3v) is 3.97. The molecule has 0 amide bonds. The monoisotopic (exact) mass is 363 g/mol. The van der Waals surface area contributed by atoms with Crippen LogP contribution in [-0.4, -0.2) is 102 Å². The van der Waals surface area contributed by atoms with E-state index in [2.05, 4.69) is 8.83 Å². The first-order valence-electron chi connectivity index (χ1n) is 4.81. The molecule has 0 aliphatic heterocycles. The number of phosphoric ester groups is 1. The third-order valence-electron chi connectivity index (χ3n) is 1.82. The predicted octanol–water partition coefficient (Wildman–Crippen LogP) is -3.52. The standard InChI is InChI=1S/C6H14O12P2.Na/c7-1-3(8)5(10)6(11)4(9)2-17-20(15,16)18-19(12,13)14;/h4-7,9-11H,1-2H2,(H,15,16)(H2,12,13,14);/t4-,5-,6-;/m1./s1. The molecule has 12 nitrogen and oxygen atoms in total. The first-order valence-corrected chi connectivity index (χ1v) is 7.84. The molecule has 21 heavy (non-hydrogen) atoms. The number of rotatable bonds is 9. The fourth-order valence-corrected chi connectivity index (χ4v) is 2.53. The second kappa shape index (κ2) is 9.81. The molecule has 0 saturated carbocycles. The number of carbonyl (C=O) groups excluding carboxylic acids is 1. The van der Waals surface area contributed by atoms with E-state index in [1.807, 2.05) is 0 Å². The molecule has 0 heterocycles. The molecular weight excluding hydrogens is 349 g/mol. The molecule has 0 aliphatic carbocycles. The SMILES string of the molecule is O=C(CO)[C@@H](O)[C@H](O)[C@H](O)COP(=O)(O)OP(=O)(O)O.[Na]. The van der Waals surface area contributed by atoms with Gasteiger partial charge in [0.2, 0.25) is 0 Å². The number of phosphoric acid groups is 2. The van der Waals surface area contributed by atoms with E-state index in [-0.39, 0.29) is 29.6 Å². The van der Waals surface area contributed by atoms with Gasteiger partial charge in [0.05, 0.1) is 6.61 Å². The largest absolute Gasteiger partial charge is 0.481 e. The molecule has 0 rings (SSSR count). The zero-order chi connectivity index (χ0) is 16.1. The second-order valence-corrected chi connectivity index (χ2v) is 6.29. The summed E-state index contributed by atoms with van der Waals surface area (Å²) >= 11 is 0. The summed E-state index contributed by atoms with van der Waals surface area (Å²) in [6, 6.07) is 0. The maximum atomic E-state index is 11.0. The molecule has 0 fully saturated rings. The third kappa shape index (κ3) is 10.2. The molecule has 121 valence electrons. The maximum Gasteiger partial charge on any atom is 0.481 e. The number of hydrogen-bond donors (Lipinski definition) is 7. The van der Waals surface area contributed by atoms with E-state index in [4.69, 9.17) is 24.9 Å². The summed E-state index contributed by atoms with van der Waals surface area (Å²) in [6.45, 7) is -2.31. The number of hydrogen-bond acceptors (Lipinski definition) is 9. The van der Waals surface area contributed by atoms with E-state index < -0.39 is 53.0 Å². The first kappa shape index (κ1) is 24.0. The summed E-state index contributed by atoms with van der Waals surface area (Å²) in [5, 5.41) is 36.0. The Kier molecular flexibility index (Phi) is 11.2. The minimum absolute atomic E-state index is 0. The summed E-state index contributed by atoms with van der Waals surface area (Å²) in [5.41, 5.74) is 0. The molecule has 1 radical (unpaired) electrons. The van der Waals surface area contributed by atoms with Crippen molar-refractivity contribution in [3.05, 3.63) is 0 Å². The van der Waals surface area contributed by atoms with Gasteiger partial charge in [0.15, 0.2) is 5.78 Å². The Morgan fingerprint density at radius 3 is 1.95 bits per heavy atom. The fraction of sp³-hybridized carbons (Fsp3) is 0.833. The Hall–Kier alpha value is 0.770. The van der Waals surface area contributed by atoms with Crippen molar-refractivity contribution < 1.29 is 57.9 Å². The number of carbonyl (C=O) groups is 1. The molecule has 1 unspecified atom stereocenters. The fourth-order valence-electron chi connectivity index (χ4n) is 0.922. The van der Waals surface area contributed by atoms with Crippen molar-refractivity contribution in [1.29, 1.82) is 0 Å². The summed E-state index contributed by atoms with van der Waals surface area (Å²) in [5.74, 6) is -1.23. The number of aliphatic hydroxyl groups is 4. The van der Waals surface area contributed by atoms with E-state index in [9.17, 15) is 24.1 Å². The normalized spacial score (nSPS) is 19.0. The van der Waals surface area contributed by atoms with Crippen molar-refractivity contribution in [2.45, 2.75) is 18.3 Å². The van der Waals surface area contributed by atoms with Crippen LogP contribution in [0, 0.1) is 0 Å². The molecule has 15 heteroatoms. The van der Waals surface area contributed by atoms with Crippen molar-refractivity contribution >= 4 is 51.0 Å². The van der Waals surface area contributed by atoms with Gasteiger partial charge in [-0.1, -0.05) is 0 Å². The van der Waals surface area contributed by atoms with Crippen molar-refractivity contribution in [2.75, 3.05) is 13.2 Å². The van der Waals surface area contributed by atoms with E-state index in [1.165, 1.54) is 0 Å². The average molecular weight is 363 g/mol. The van der Waals surface area contributed by atoms with Gasteiger partial charge < -0.3 is 35.1 Å². The van der Waals surface area contributed by atoms with Gasteiger partial charge in [-0.2, -0.15) is 4.31 Å². The van der Waals surface area contributed by atoms with Crippen LogP contribution in [0.1, 0.15) is 0 Å². The second-order valence-electron chi connectivity index (χ2n) is 3.46.